The fourth-order valence-corrected chi connectivity index (χ4v) is 4.08. The van der Waals surface area contributed by atoms with E-state index in [0.29, 0.717) is 5.92 Å². The first-order valence-corrected chi connectivity index (χ1v) is 8.83. The molecule has 1 aromatic carbocycles. The average molecular weight is 298 g/mol. The van der Waals surface area contributed by atoms with E-state index in [1.54, 1.807) is 11.3 Å². The highest BCUT2D eigenvalue weighted by atomic mass is 32.1. The predicted octanol–water partition coefficient (Wildman–Crippen LogP) is 5.59. The molecule has 110 valence electrons. The summed E-state index contributed by atoms with van der Waals surface area (Å²) in [5.74, 6) is 0.867. The van der Waals surface area contributed by atoms with Gasteiger partial charge in [0.2, 0.25) is 5.78 Å². The monoisotopic (exact) mass is 298 g/mol. The minimum Gasteiger partial charge on any atom is -0.288 e. The number of carbonyl (C=O) groups excluding carboxylic acids is 1. The van der Waals surface area contributed by atoms with Crippen LogP contribution in [0.15, 0.2) is 36.4 Å². The molecule has 1 fully saturated rings. The Kier molecular flexibility index (Phi) is 4.54. The van der Waals surface area contributed by atoms with E-state index in [0.717, 1.165) is 16.9 Å². The van der Waals surface area contributed by atoms with Crippen molar-refractivity contribution in [1.82, 2.24) is 0 Å². The van der Waals surface area contributed by atoms with Crippen molar-refractivity contribution in [3.05, 3.63) is 57.3 Å². The molecule has 1 nitrogen and oxygen atoms in total. The summed E-state index contributed by atoms with van der Waals surface area (Å²) in [5.41, 5.74) is 2.23. The van der Waals surface area contributed by atoms with E-state index in [2.05, 4.69) is 25.1 Å². The maximum Gasteiger partial charge on any atom is 0.202 e. The molecular formula is C19H22OS. The molecule has 0 N–H and O–H groups in total. The number of aryl methyl sites for hydroxylation is 1. The Morgan fingerprint density at radius 2 is 1.76 bits per heavy atom. The van der Waals surface area contributed by atoms with E-state index in [4.69, 9.17) is 0 Å². The Labute approximate surface area is 131 Å². The molecule has 0 spiro atoms. The molecule has 0 saturated heterocycles. The lowest BCUT2D eigenvalue weighted by molar-refractivity contribution is 0.104. The van der Waals surface area contributed by atoms with Gasteiger partial charge in [-0.2, -0.15) is 0 Å². The van der Waals surface area contributed by atoms with Crippen LogP contribution in [-0.4, -0.2) is 5.78 Å². The molecule has 1 aromatic heterocycles. The number of carbonyl (C=O) groups is 1. The highest BCUT2D eigenvalue weighted by molar-refractivity contribution is 7.14. The van der Waals surface area contributed by atoms with E-state index in [-0.39, 0.29) is 5.78 Å². The highest BCUT2D eigenvalue weighted by Crippen LogP contribution is 2.32. The Balaban J connectivity index is 1.75. The SMILES string of the molecule is CCc1ccc(C(=O)c2ccc(C3CCCCC3)cc2)s1. The summed E-state index contributed by atoms with van der Waals surface area (Å²) in [6.07, 6.45) is 7.68. The van der Waals surface area contributed by atoms with Gasteiger partial charge in [0.25, 0.3) is 0 Å². The van der Waals surface area contributed by atoms with Crippen molar-refractivity contribution in [3.63, 3.8) is 0 Å². The van der Waals surface area contributed by atoms with Crippen molar-refractivity contribution in [2.24, 2.45) is 0 Å². The topological polar surface area (TPSA) is 17.1 Å². The smallest absolute Gasteiger partial charge is 0.202 e. The summed E-state index contributed by atoms with van der Waals surface area (Å²) in [5, 5.41) is 0. The molecule has 2 heteroatoms. The minimum absolute atomic E-state index is 0.162. The van der Waals surface area contributed by atoms with Crippen molar-refractivity contribution < 1.29 is 4.79 Å². The van der Waals surface area contributed by atoms with Crippen molar-refractivity contribution in [3.8, 4) is 0 Å². The molecule has 0 unspecified atom stereocenters. The lowest BCUT2D eigenvalue weighted by Crippen LogP contribution is -2.05. The van der Waals surface area contributed by atoms with Gasteiger partial charge in [0.05, 0.1) is 4.88 Å². The fraction of sp³-hybridized carbons (Fsp3) is 0.421. The van der Waals surface area contributed by atoms with Crippen LogP contribution in [0.3, 0.4) is 0 Å². The number of hydrogen-bond donors (Lipinski definition) is 0. The largest absolute Gasteiger partial charge is 0.288 e. The number of hydrogen-bond acceptors (Lipinski definition) is 2. The van der Waals surface area contributed by atoms with Gasteiger partial charge in [0, 0.05) is 10.4 Å². The molecular weight excluding hydrogens is 276 g/mol. The second-order valence-electron chi connectivity index (χ2n) is 5.91. The van der Waals surface area contributed by atoms with Gasteiger partial charge >= 0.3 is 0 Å². The first-order valence-electron chi connectivity index (χ1n) is 8.01. The maximum atomic E-state index is 12.5. The van der Waals surface area contributed by atoms with Gasteiger partial charge in [-0.3, -0.25) is 4.79 Å². The molecule has 2 aromatic rings. The third-order valence-corrected chi connectivity index (χ3v) is 5.71. The fourth-order valence-electron chi connectivity index (χ4n) is 3.17. The Morgan fingerprint density at radius 1 is 1.05 bits per heavy atom. The molecule has 3 rings (SSSR count). The highest BCUT2D eigenvalue weighted by Gasteiger charge is 2.16. The standard InChI is InChI=1S/C19H22OS/c1-2-17-12-13-18(21-17)19(20)16-10-8-15(9-11-16)14-6-4-3-5-7-14/h8-14H,2-7H2,1H3. The van der Waals surface area contributed by atoms with Gasteiger partial charge in [-0.15, -0.1) is 11.3 Å². The zero-order valence-electron chi connectivity index (χ0n) is 12.6. The first-order chi connectivity index (χ1) is 10.3. The third-order valence-electron chi connectivity index (χ3n) is 4.48. The summed E-state index contributed by atoms with van der Waals surface area (Å²) in [6.45, 7) is 2.12. The number of ketones is 1. The quantitative estimate of drug-likeness (QED) is 0.672. The maximum absolute atomic E-state index is 12.5. The Morgan fingerprint density at radius 3 is 2.38 bits per heavy atom. The van der Waals surface area contributed by atoms with E-state index >= 15 is 0 Å². The van der Waals surface area contributed by atoms with Crippen LogP contribution in [0.4, 0.5) is 0 Å². The molecule has 0 amide bonds. The molecule has 1 aliphatic carbocycles. The summed E-state index contributed by atoms with van der Waals surface area (Å²) in [7, 11) is 0. The summed E-state index contributed by atoms with van der Waals surface area (Å²) >= 11 is 1.62. The zero-order chi connectivity index (χ0) is 14.7. The van der Waals surface area contributed by atoms with Crippen LogP contribution in [-0.2, 0) is 6.42 Å². The molecule has 0 radical (unpaired) electrons. The predicted molar refractivity (Wildman–Crippen MR) is 89.4 cm³/mol. The van der Waals surface area contributed by atoms with Crippen LogP contribution in [0.2, 0.25) is 0 Å². The van der Waals surface area contributed by atoms with Crippen LogP contribution >= 0.6 is 11.3 Å². The molecule has 1 heterocycles. The molecule has 0 bridgehead atoms. The number of thiophene rings is 1. The normalized spacial score (nSPS) is 16.0. The molecule has 21 heavy (non-hydrogen) atoms. The van der Waals surface area contributed by atoms with Gasteiger partial charge < -0.3 is 0 Å². The van der Waals surface area contributed by atoms with Crippen molar-refractivity contribution in [2.75, 3.05) is 0 Å². The van der Waals surface area contributed by atoms with E-state index < -0.39 is 0 Å². The summed E-state index contributed by atoms with van der Waals surface area (Å²) in [6, 6.07) is 12.4. The van der Waals surface area contributed by atoms with E-state index in [1.807, 2.05) is 18.2 Å². The van der Waals surface area contributed by atoms with Gasteiger partial charge in [-0.25, -0.2) is 0 Å². The van der Waals surface area contributed by atoms with Crippen LogP contribution in [0.5, 0.6) is 0 Å². The Bertz CT molecular complexity index is 603. The number of rotatable bonds is 4. The van der Waals surface area contributed by atoms with Gasteiger partial charge in [0.15, 0.2) is 0 Å². The zero-order valence-corrected chi connectivity index (χ0v) is 13.4. The molecule has 1 aliphatic rings. The van der Waals surface area contributed by atoms with E-state index in [9.17, 15) is 4.79 Å². The average Bonchev–Trinajstić information content (AvgIpc) is 3.04. The lowest BCUT2D eigenvalue weighted by atomic mass is 9.84. The van der Waals surface area contributed by atoms with Gasteiger partial charge in [0.1, 0.15) is 0 Å². The second kappa shape index (κ2) is 6.57. The van der Waals surface area contributed by atoms with Crippen molar-refractivity contribution >= 4 is 17.1 Å². The van der Waals surface area contributed by atoms with Crippen LogP contribution in [0, 0.1) is 0 Å². The lowest BCUT2D eigenvalue weighted by Gasteiger charge is -2.21. The minimum atomic E-state index is 0.162. The van der Waals surface area contributed by atoms with Crippen LogP contribution < -0.4 is 0 Å². The number of benzene rings is 1. The third kappa shape index (κ3) is 3.26. The van der Waals surface area contributed by atoms with Crippen LogP contribution in [0.1, 0.15) is 70.6 Å². The first kappa shape index (κ1) is 14.5. The summed E-state index contributed by atoms with van der Waals surface area (Å²) in [4.78, 5) is 14.6. The summed E-state index contributed by atoms with van der Waals surface area (Å²) < 4.78 is 0. The van der Waals surface area contributed by atoms with Gasteiger partial charge in [-0.1, -0.05) is 50.5 Å². The Hall–Kier alpha value is -1.41. The van der Waals surface area contributed by atoms with Crippen molar-refractivity contribution in [2.45, 2.75) is 51.4 Å². The molecule has 1 saturated carbocycles. The van der Waals surface area contributed by atoms with Gasteiger partial charge in [-0.05, 0) is 42.9 Å². The van der Waals surface area contributed by atoms with Crippen molar-refractivity contribution in [1.29, 1.82) is 0 Å². The van der Waals surface area contributed by atoms with E-state index in [1.165, 1.54) is 42.5 Å². The molecule has 0 aliphatic heterocycles. The van der Waals surface area contributed by atoms with Crippen LogP contribution in [0.25, 0.3) is 0 Å². The second-order valence-corrected chi connectivity index (χ2v) is 7.07. The molecule has 0 atom stereocenters.